The molecule has 1 aliphatic rings. The van der Waals surface area contributed by atoms with Gasteiger partial charge < -0.3 is 10.0 Å². The fourth-order valence-electron chi connectivity index (χ4n) is 3.17. The molecular formula is C18H23NO3. The molecule has 4 nitrogen and oxygen atoms in total. The van der Waals surface area contributed by atoms with E-state index in [0.29, 0.717) is 32.2 Å². The highest BCUT2D eigenvalue weighted by atomic mass is 16.4. The molecular weight excluding hydrogens is 278 g/mol. The molecule has 1 heterocycles. The van der Waals surface area contributed by atoms with Crippen LogP contribution in [-0.2, 0) is 16.0 Å². The second-order valence-corrected chi connectivity index (χ2v) is 5.80. The standard InChI is InChI=1S/C18H23NO3/c1-2-3-7-12-18(17(21)22)13-10-16(20)19(18)14-11-15-8-5-4-6-9-15/h2,4-6,8-9H,1,3,7,10-14H2,(H,21,22). The molecule has 0 spiro atoms. The number of allylic oxidation sites excluding steroid dienone is 1. The van der Waals surface area contributed by atoms with E-state index in [4.69, 9.17) is 0 Å². The summed E-state index contributed by atoms with van der Waals surface area (Å²) in [6.45, 7) is 4.14. The number of likely N-dealkylation sites (tertiary alicyclic amines) is 1. The molecule has 1 aliphatic heterocycles. The van der Waals surface area contributed by atoms with Crippen molar-refractivity contribution in [2.45, 2.75) is 44.1 Å². The summed E-state index contributed by atoms with van der Waals surface area (Å²) < 4.78 is 0. The van der Waals surface area contributed by atoms with Crippen LogP contribution in [0.2, 0.25) is 0 Å². The van der Waals surface area contributed by atoms with Crippen molar-refractivity contribution in [2.24, 2.45) is 0 Å². The van der Waals surface area contributed by atoms with E-state index in [9.17, 15) is 14.7 Å². The highest BCUT2D eigenvalue weighted by molar-refractivity contribution is 5.91. The summed E-state index contributed by atoms with van der Waals surface area (Å²) in [6, 6.07) is 9.86. The van der Waals surface area contributed by atoms with Crippen LogP contribution >= 0.6 is 0 Å². The molecule has 1 unspecified atom stereocenters. The highest BCUT2D eigenvalue weighted by Crippen LogP contribution is 2.35. The lowest BCUT2D eigenvalue weighted by Crippen LogP contribution is -2.52. The van der Waals surface area contributed by atoms with Crippen LogP contribution < -0.4 is 0 Å². The lowest BCUT2D eigenvalue weighted by Gasteiger charge is -2.35. The molecule has 1 aromatic rings. The molecule has 22 heavy (non-hydrogen) atoms. The van der Waals surface area contributed by atoms with Crippen molar-refractivity contribution in [3.8, 4) is 0 Å². The fourth-order valence-corrected chi connectivity index (χ4v) is 3.17. The summed E-state index contributed by atoms with van der Waals surface area (Å²) in [5, 5.41) is 9.73. The molecule has 118 valence electrons. The summed E-state index contributed by atoms with van der Waals surface area (Å²) in [7, 11) is 0. The summed E-state index contributed by atoms with van der Waals surface area (Å²) in [5.74, 6) is -0.924. The van der Waals surface area contributed by atoms with E-state index >= 15 is 0 Å². The third kappa shape index (κ3) is 3.38. The average molecular weight is 301 g/mol. The van der Waals surface area contributed by atoms with E-state index in [0.717, 1.165) is 18.4 Å². The summed E-state index contributed by atoms with van der Waals surface area (Å²) in [6.07, 6.45) is 5.22. The van der Waals surface area contributed by atoms with Crippen molar-refractivity contribution in [1.82, 2.24) is 4.90 Å². The van der Waals surface area contributed by atoms with Crippen LogP contribution in [-0.4, -0.2) is 34.0 Å². The maximum Gasteiger partial charge on any atom is 0.329 e. The van der Waals surface area contributed by atoms with E-state index in [1.54, 1.807) is 11.0 Å². The maximum atomic E-state index is 12.2. The van der Waals surface area contributed by atoms with E-state index in [2.05, 4.69) is 6.58 Å². The normalized spacial score (nSPS) is 21.1. The number of benzene rings is 1. The topological polar surface area (TPSA) is 57.6 Å². The Bertz CT molecular complexity index is 541. The lowest BCUT2D eigenvalue weighted by molar-refractivity contribution is -0.154. The first-order valence-corrected chi connectivity index (χ1v) is 7.79. The van der Waals surface area contributed by atoms with Crippen LogP contribution in [0.3, 0.4) is 0 Å². The Hall–Kier alpha value is -2.10. The number of nitrogens with zero attached hydrogens (tertiary/aromatic N) is 1. The van der Waals surface area contributed by atoms with Gasteiger partial charge in [0.15, 0.2) is 0 Å². The largest absolute Gasteiger partial charge is 0.479 e. The molecule has 0 bridgehead atoms. The molecule has 1 aromatic carbocycles. The minimum absolute atomic E-state index is 0.0445. The van der Waals surface area contributed by atoms with Crippen molar-refractivity contribution >= 4 is 11.9 Å². The van der Waals surface area contributed by atoms with Crippen molar-refractivity contribution in [3.05, 3.63) is 48.6 Å². The summed E-state index contributed by atoms with van der Waals surface area (Å²) in [5.41, 5.74) is 0.0853. The minimum atomic E-state index is -1.03. The van der Waals surface area contributed by atoms with Crippen LogP contribution in [0, 0.1) is 0 Å². The third-order valence-electron chi connectivity index (χ3n) is 4.43. The molecule has 2 rings (SSSR count). The van der Waals surface area contributed by atoms with Crippen LogP contribution in [0.15, 0.2) is 43.0 Å². The van der Waals surface area contributed by atoms with Gasteiger partial charge in [-0.1, -0.05) is 36.4 Å². The van der Waals surface area contributed by atoms with Gasteiger partial charge in [-0.15, -0.1) is 6.58 Å². The van der Waals surface area contributed by atoms with Crippen LogP contribution in [0.1, 0.15) is 37.7 Å². The van der Waals surface area contributed by atoms with Crippen LogP contribution in [0.25, 0.3) is 0 Å². The first kappa shape index (κ1) is 16.3. The van der Waals surface area contributed by atoms with E-state index in [-0.39, 0.29) is 5.91 Å². The second kappa shape index (κ2) is 7.25. The number of amides is 1. The van der Waals surface area contributed by atoms with E-state index in [1.165, 1.54) is 0 Å². The zero-order valence-electron chi connectivity index (χ0n) is 12.8. The van der Waals surface area contributed by atoms with Gasteiger partial charge in [0.25, 0.3) is 0 Å². The number of carbonyl (C=O) groups is 2. The number of hydrogen-bond donors (Lipinski definition) is 1. The van der Waals surface area contributed by atoms with Gasteiger partial charge >= 0.3 is 5.97 Å². The molecule has 0 saturated carbocycles. The predicted octanol–water partition coefficient (Wildman–Crippen LogP) is 3.03. The van der Waals surface area contributed by atoms with E-state index < -0.39 is 11.5 Å². The van der Waals surface area contributed by atoms with Gasteiger partial charge in [-0.05, 0) is 37.7 Å². The van der Waals surface area contributed by atoms with Gasteiger partial charge in [0.05, 0.1) is 0 Å². The first-order valence-electron chi connectivity index (χ1n) is 7.79. The van der Waals surface area contributed by atoms with Crippen molar-refractivity contribution in [1.29, 1.82) is 0 Å². The second-order valence-electron chi connectivity index (χ2n) is 5.80. The molecule has 0 aliphatic carbocycles. The average Bonchev–Trinajstić information content (AvgIpc) is 2.84. The molecule has 0 aromatic heterocycles. The number of carboxylic acid groups (broad SMARTS) is 1. The van der Waals surface area contributed by atoms with Gasteiger partial charge in [-0.2, -0.15) is 0 Å². The van der Waals surface area contributed by atoms with Crippen molar-refractivity contribution in [3.63, 3.8) is 0 Å². The SMILES string of the molecule is C=CCCCC1(C(=O)O)CCC(=O)N1CCc1ccccc1. The molecule has 4 heteroatoms. The summed E-state index contributed by atoms with van der Waals surface area (Å²) >= 11 is 0. The monoisotopic (exact) mass is 301 g/mol. The van der Waals surface area contributed by atoms with Gasteiger partial charge in [0, 0.05) is 13.0 Å². The van der Waals surface area contributed by atoms with Gasteiger partial charge in [0.2, 0.25) is 5.91 Å². The Kier molecular flexibility index (Phi) is 5.36. The number of hydrogen-bond acceptors (Lipinski definition) is 2. The zero-order chi connectivity index (χ0) is 16.0. The van der Waals surface area contributed by atoms with Gasteiger partial charge in [-0.25, -0.2) is 4.79 Å². The maximum absolute atomic E-state index is 12.2. The molecule has 1 atom stereocenters. The predicted molar refractivity (Wildman–Crippen MR) is 85.5 cm³/mol. The molecule has 1 fully saturated rings. The fraction of sp³-hybridized carbons (Fsp3) is 0.444. The zero-order valence-corrected chi connectivity index (χ0v) is 12.8. The van der Waals surface area contributed by atoms with E-state index in [1.807, 2.05) is 30.3 Å². The number of unbranched alkanes of at least 4 members (excludes halogenated alkanes) is 1. The van der Waals surface area contributed by atoms with Crippen LogP contribution in [0.4, 0.5) is 0 Å². The van der Waals surface area contributed by atoms with Crippen molar-refractivity contribution < 1.29 is 14.7 Å². The third-order valence-corrected chi connectivity index (χ3v) is 4.43. The molecule has 1 amide bonds. The quantitative estimate of drug-likeness (QED) is 0.593. The van der Waals surface area contributed by atoms with Gasteiger partial charge in [-0.3, -0.25) is 4.79 Å². The number of aliphatic carboxylic acids is 1. The number of carbonyl (C=O) groups excluding carboxylic acids is 1. The van der Waals surface area contributed by atoms with Gasteiger partial charge in [0.1, 0.15) is 5.54 Å². The van der Waals surface area contributed by atoms with Crippen LogP contribution in [0.5, 0.6) is 0 Å². The summed E-state index contributed by atoms with van der Waals surface area (Å²) in [4.78, 5) is 25.6. The Balaban J connectivity index is 2.11. The molecule has 0 radical (unpaired) electrons. The number of rotatable bonds is 8. The Morgan fingerprint density at radius 3 is 2.73 bits per heavy atom. The van der Waals surface area contributed by atoms with Crippen molar-refractivity contribution in [2.75, 3.05) is 6.54 Å². The minimum Gasteiger partial charge on any atom is -0.479 e. The number of carboxylic acids is 1. The Morgan fingerprint density at radius 1 is 1.36 bits per heavy atom. The lowest BCUT2D eigenvalue weighted by atomic mass is 9.89. The Labute approximate surface area is 131 Å². The molecule has 1 saturated heterocycles. The first-order chi connectivity index (χ1) is 10.6. The Morgan fingerprint density at radius 2 is 2.09 bits per heavy atom. The molecule has 1 N–H and O–H groups in total. The smallest absolute Gasteiger partial charge is 0.329 e. The highest BCUT2D eigenvalue weighted by Gasteiger charge is 2.50.